The number of benzene rings is 1. The van der Waals surface area contributed by atoms with Gasteiger partial charge in [0.25, 0.3) is 0 Å². The molecule has 4 heterocycles. The largest absolute Gasteiger partial charge is 0.368 e. The third-order valence-corrected chi connectivity index (χ3v) is 5.35. The van der Waals surface area contributed by atoms with E-state index in [0.717, 1.165) is 48.7 Å². The van der Waals surface area contributed by atoms with Crippen LogP contribution < -0.4 is 5.73 Å². The number of imidazole rings is 1. The Bertz CT molecular complexity index is 1140. The fourth-order valence-corrected chi connectivity index (χ4v) is 3.95. The van der Waals surface area contributed by atoms with E-state index in [4.69, 9.17) is 10.3 Å². The van der Waals surface area contributed by atoms with Gasteiger partial charge in [0.1, 0.15) is 12.1 Å². The molecule has 152 valence electrons. The van der Waals surface area contributed by atoms with Crippen LogP contribution in [0.3, 0.4) is 0 Å². The Morgan fingerprint density at radius 1 is 1.13 bits per heavy atom. The fourth-order valence-electron chi connectivity index (χ4n) is 3.95. The van der Waals surface area contributed by atoms with Gasteiger partial charge in [0.15, 0.2) is 0 Å². The lowest BCUT2D eigenvalue weighted by Crippen LogP contribution is -2.21. The van der Waals surface area contributed by atoms with Crippen molar-refractivity contribution in [1.29, 1.82) is 0 Å². The lowest BCUT2D eigenvalue weighted by atomic mass is 10.1. The lowest BCUT2D eigenvalue weighted by Gasteiger charge is -2.18. The van der Waals surface area contributed by atoms with Gasteiger partial charge >= 0.3 is 0 Å². The molecule has 1 aliphatic rings. The molecule has 1 saturated heterocycles. The number of hydrogen-bond donors (Lipinski definition) is 1. The van der Waals surface area contributed by atoms with E-state index in [1.165, 1.54) is 12.1 Å². The van der Waals surface area contributed by atoms with E-state index >= 15 is 0 Å². The molecule has 0 amide bonds. The van der Waals surface area contributed by atoms with Crippen LogP contribution in [-0.4, -0.2) is 42.7 Å². The highest BCUT2D eigenvalue weighted by Gasteiger charge is 2.28. The average Bonchev–Trinajstić information content (AvgIpc) is 3.49. The minimum atomic E-state index is -0.287. The number of nitrogens with two attached hydrogens (primary N) is 1. The molecule has 5 rings (SSSR count). The zero-order valence-corrected chi connectivity index (χ0v) is 16.1. The predicted octanol–water partition coefficient (Wildman–Crippen LogP) is 3.16. The molecule has 0 radical (unpaired) electrons. The third kappa shape index (κ3) is 3.55. The summed E-state index contributed by atoms with van der Waals surface area (Å²) in [5.41, 5.74) is 9.86. The zero-order valence-electron chi connectivity index (χ0n) is 16.1. The second-order valence-corrected chi connectivity index (χ2v) is 7.32. The van der Waals surface area contributed by atoms with Crippen LogP contribution in [0.15, 0.2) is 59.7 Å². The van der Waals surface area contributed by atoms with Crippen molar-refractivity contribution in [2.75, 3.05) is 18.8 Å². The van der Waals surface area contributed by atoms with Crippen molar-refractivity contribution >= 4 is 5.95 Å². The van der Waals surface area contributed by atoms with Gasteiger partial charge in [-0.3, -0.25) is 4.90 Å². The minimum Gasteiger partial charge on any atom is -0.368 e. The van der Waals surface area contributed by atoms with E-state index in [1.54, 1.807) is 24.6 Å². The van der Waals surface area contributed by atoms with Gasteiger partial charge in [0, 0.05) is 43.5 Å². The van der Waals surface area contributed by atoms with Crippen molar-refractivity contribution in [2.24, 2.45) is 0 Å². The third-order valence-electron chi connectivity index (χ3n) is 5.35. The zero-order chi connectivity index (χ0) is 20.5. The second-order valence-electron chi connectivity index (χ2n) is 7.32. The molecule has 9 heteroatoms. The molecule has 0 aliphatic carbocycles. The summed E-state index contributed by atoms with van der Waals surface area (Å²) in [7, 11) is 0. The maximum atomic E-state index is 13.4. The van der Waals surface area contributed by atoms with Crippen LogP contribution >= 0.6 is 0 Å². The van der Waals surface area contributed by atoms with E-state index in [2.05, 4.69) is 29.6 Å². The van der Waals surface area contributed by atoms with Crippen molar-refractivity contribution in [1.82, 2.24) is 29.6 Å². The lowest BCUT2D eigenvalue weighted by molar-refractivity contribution is 0.302. The summed E-state index contributed by atoms with van der Waals surface area (Å²) in [5, 5.41) is 4.01. The number of nitrogens with zero attached hydrogens (tertiary/aromatic N) is 6. The highest BCUT2D eigenvalue weighted by atomic mass is 19.1. The number of anilines is 1. The summed E-state index contributed by atoms with van der Waals surface area (Å²) < 4.78 is 20.5. The molecule has 1 aliphatic heterocycles. The van der Waals surface area contributed by atoms with Crippen LogP contribution in [0.5, 0.6) is 0 Å². The van der Waals surface area contributed by atoms with Gasteiger partial charge in [0.05, 0.1) is 29.1 Å². The van der Waals surface area contributed by atoms with Crippen molar-refractivity contribution in [3.8, 4) is 22.6 Å². The Balaban J connectivity index is 1.51. The minimum absolute atomic E-state index is 0.199. The first-order valence-corrected chi connectivity index (χ1v) is 9.70. The first-order valence-electron chi connectivity index (χ1n) is 9.70. The van der Waals surface area contributed by atoms with E-state index < -0.39 is 0 Å². The number of likely N-dealkylation sites (tertiary alicyclic amines) is 1. The molecule has 1 aromatic carbocycles. The van der Waals surface area contributed by atoms with Gasteiger partial charge in [-0.1, -0.05) is 5.16 Å². The van der Waals surface area contributed by atoms with Gasteiger partial charge in [-0.15, -0.1) is 0 Å². The van der Waals surface area contributed by atoms with Crippen molar-refractivity contribution < 1.29 is 8.91 Å². The predicted molar refractivity (Wildman–Crippen MR) is 108 cm³/mol. The Morgan fingerprint density at radius 3 is 2.77 bits per heavy atom. The molecule has 0 spiro atoms. The van der Waals surface area contributed by atoms with Gasteiger partial charge < -0.3 is 14.8 Å². The monoisotopic (exact) mass is 405 g/mol. The summed E-state index contributed by atoms with van der Waals surface area (Å²) in [6.07, 6.45) is 6.02. The molecule has 30 heavy (non-hydrogen) atoms. The van der Waals surface area contributed by atoms with E-state index in [9.17, 15) is 4.39 Å². The Hall–Kier alpha value is -3.59. The highest BCUT2D eigenvalue weighted by molar-refractivity contribution is 5.77. The van der Waals surface area contributed by atoms with Crippen LogP contribution in [0.2, 0.25) is 0 Å². The number of halogens is 1. The number of hydrogen-bond acceptors (Lipinski definition) is 7. The Labute approximate surface area is 172 Å². The van der Waals surface area contributed by atoms with Crippen LogP contribution in [0.25, 0.3) is 22.6 Å². The number of rotatable bonds is 5. The van der Waals surface area contributed by atoms with Crippen LogP contribution in [0.4, 0.5) is 10.3 Å². The van der Waals surface area contributed by atoms with Crippen LogP contribution in [-0.2, 0) is 6.54 Å². The van der Waals surface area contributed by atoms with Crippen molar-refractivity contribution in [3.63, 3.8) is 0 Å². The maximum Gasteiger partial charge on any atom is 0.220 e. The van der Waals surface area contributed by atoms with Crippen LogP contribution in [0, 0.1) is 5.82 Å². The van der Waals surface area contributed by atoms with Gasteiger partial charge in [0.2, 0.25) is 5.95 Å². The molecule has 3 aromatic heterocycles. The second kappa shape index (κ2) is 7.68. The van der Waals surface area contributed by atoms with E-state index in [-0.39, 0.29) is 17.8 Å². The summed E-state index contributed by atoms with van der Waals surface area (Å²) in [5.74, 6) is -0.0882. The summed E-state index contributed by atoms with van der Waals surface area (Å²) in [4.78, 5) is 15.4. The average molecular weight is 405 g/mol. The molecule has 1 unspecified atom stereocenters. The molecule has 1 atom stereocenters. The van der Waals surface area contributed by atoms with E-state index in [1.807, 2.05) is 18.5 Å². The summed E-state index contributed by atoms with van der Waals surface area (Å²) >= 11 is 0. The highest BCUT2D eigenvalue weighted by Crippen LogP contribution is 2.35. The number of nitrogen functional groups attached to an aromatic ring is 1. The standard InChI is InChI=1S/C21H20FN7O/c22-15-3-1-14(2-4-15)19-20(18-5-8-24-21(23)26-18)29(13-25-19)17-6-9-28(12-17)11-16-7-10-30-27-16/h1-5,7-8,10,13,17H,6,9,11-12H2,(H2,23,24,26). The van der Waals surface area contributed by atoms with Crippen LogP contribution in [0.1, 0.15) is 18.2 Å². The smallest absolute Gasteiger partial charge is 0.220 e. The normalized spacial score (nSPS) is 16.9. The molecule has 4 aromatic rings. The molecular weight excluding hydrogens is 385 g/mol. The fraction of sp³-hybridized carbons (Fsp3) is 0.238. The van der Waals surface area contributed by atoms with E-state index in [0.29, 0.717) is 5.69 Å². The molecular formula is C21H20FN7O. The first-order chi connectivity index (χ1) is 14.7. The molecule has 2 N–H and O–H groups in total. The summed E-state index contributed by atoms with van der Waals surface area (Å²) in [6, 6.07) is 10.2. The van der Waals surface area contributed by atoms with Gasteiger partial charge in [-0.05, 0) is 36.8 Å². The first kappa shape index (κ1) is 18.4. The Kier molecular flexibility index (Phi) is 4.72. The molecule has 0 saturated carbocycles. The number of aromatic nitrogens is 5. The SMILES string of the molecule is Nc1nccc(-c2c(-c3ccc(F)cc3)ncn2C2CCN(Cc3ccon3)C2)n1. The van der Waals surface area contributed by atoms with Crippen molar-refractivity contribution in [3.05, 3.63) is 66.7 Å². The molecule has 8 nitrogen and oxygen atoms in total. The Morgan fingerprint density at radius 2 is 2.00 bits per heavy atom. The van der Waals surface area contributed by atoms with Gasteiger partial charge in [-0.25, -0.2) is 19.3 Å². The van der Waals surface area contributed by atoms with Gasteiger partial charge in [-0.2, -0.15) is 0 Å². The van der Waals surface area contributed by atoms with Crippen molar-refractivity contribution in [2.45, 2.75) is 19.0 Å². The summed E-state index contributed by atoms with van der Waals surface area (Å²) in [6.45, 7) is 2.52. The maximum absolute atomic E-state index is 13.4. The molecule has 1 fully saturated rings. The topological polar surface area (TPSA) is 98.9 Å². The molecule has 0 bridgehead atoms. The quantitative estimate of drug-likeness (QED) is 0.544.